The summed E-state index contributed by atoms with van der Waals surface area (Å²) >= 11 is 0. The molecule has 13 heteroatoms. The van der Waals surface area contributed by atoms with Crippen LogP contribution in [0.15, 0.2) is 66.7 Å². The second kappa shape index (κ2) is 18.2. The van der Waals surface area contributed by atoms with Gasteiger partial charge in [-0.25, -0.2) is 4.79 Å². The highest BCUT2D eigenvalue weighted by atomic mass is 19.4. The number of rotatable bonds is 9. The van der Waals surface area contributed by atoms with Crippen LogP contribution < -0.4 is 20.1 Å². The number of carbonyl (C=O) groups excluding carboxylic acids is 2. The highest BCUT2D eigenvalue weighted by Crippen LogP contribution is 2.31. The van der Waals surface area contributed by atoms with Crippen molar-refractivity contribution in [1.82, 2.24) is 9.80 Å². The molecule has 3 aromatic rings. The number of aliphatic hydroxyl groups is 1. The second-order valence-corrected chi connectivity index (χ2v) is 13.2. The van der Waals surface area contributed by atoms with Crippen LogP contribution in [0.1, 0.15) is 61.5 Å². The van der Waals surface area contributed by atoms with Gasteiger partial charge in [-0.1, -0.05) is 19.1 Å². The summed E-state index contributed by atoms with van der Waals surface area (Å²) in [5.41, 5.74) is 0.931. The van der Waals surface area contributed by atoms with Crippen molar-refractivity contribution in [2.75, 3.05) is 51.1 Å². The number of likely N-dealkylation sites (N-methyl/N-ethyl adjacent to an activating group) is 1. The number of nitrogens with zero attached hydrogens (tertiary/aromatic N) is 2. The Morgan fingerprint density at radius 3 is 2.35 bits per heavy atom. The van der Waals surface area contributed by atoms with Gasteiger partial charge in [0.1, 0.15) is 11.5 Å². The molecule has 0 bridgehead atoms. The van der Waals surface area contributed by atoms with Gasteiger partial charge in [-0.05, 0) is 100 Å². The Morgan fingerprint density at radius 1 is 1.04 bits per heavy atom. The molecule has 51 heavy (non-hydrogen) atoms. The van der Waals surface area contributed by atoms with Crippen molar-refractivity contribution in [3.8, 4) is 11.5 Å². The number of alkyl halides is 3. The van der Waals surface area contributed by atoms with E-state index in [1.165, 1.54) is 6.07 Å². The Labute approximate surface area is 297 Å². The number of anilines is 2. The Balaban J connectivity index is 1.56. The molecule has 10 nitrogen and oxygen atoms in total. The highest BCUT2D eigenvalue weighted by molar-refractivity contribution is 6.02. The normalized spacial score (nSPS) is 19.8. The summed E-state index contributed by atoms with van der Waals surface area (Å²) < 4.78 is 56.9. The third kappa shape index (κ3) is 11.6. The van der Waals surface area contributed by atoms with Crippen molar-refractivity contribution >= 4 is 23.3 Å². The first kappa shape index (κ1) is 39.5. The number of methoxy groups -OCH3 is 1. The third-order valence-corrected chi connectivity index (χ3v) is 8.88. The Morgan fingerprint density at radius 2 is 1.71 bits per heavy atom. The monoisotopic (exact) mass is 714 g/mol. The quantitative estimate of drug-likeness (QED) is 0.214. The van der Waals surface area contributed by atoms with Gasteiger partial charge in [0.15, 0.2) is 0 Å². The number of benzene rings is 3. The maximum atomic E-state index is 14.4. The molecule has 4 rings (SSSR count). The van der Waals surface area contributed by atoms with Crippen LogP contribution in [0.2, 0.25) is 0 Å². The summed E-state index contributed by atoms with van der Waals surface area (Å²) in [4.78, 5) is 31.0. The smallest absolute Gasteiger partial charge is 0.416 e. The molecule has 1 aliphatic rings. The van der Waals surface area contributed by atoms with E-state index in [9.17, 15) is 27.9 Å². The fraction of sp³-hybridized carbons (Fsp3) is 0.474. The molecule has 4 atom stereocenters. The standard InChI is InChI=1S/C38H49F3N4O6/c1-25-21-45(26(2)24-46)36(47)33-20-31(43-37(48)42-30-13-11-29(12-14-30)38(39,40)41)15-18-34(33)51-27(3)8-6-7-19-50-35(25)23-44(4)22-28-9-16-32(49-5)17-10-28/h9-18,20,25-27,35,46H,6-8,19,21-24H2,1-5H3,(H2,42,43,48)/t25-,26+,27-,35-/m1/s1. The van der Waals surface area contributed by atoms with Gasteiger partial charge in [-0.3, -0.25) is 9.69 Å². The van der Waals surface area contributed by atoms with Gasteiger partial charge in [-0.15, -0.1) is 0 Å². The zero-order chi connectivity index (χ0) is 37.1. The third-order valence-electron chi connectivity index (χ3n) is 8.88. The number of aliphatic hydroxyl groups excluding tert-OH is 1. The average Bonchev–Trinajstić information content (AvgIpc) is 3.09. The topological polar surface area (TPSA) is 113 Å². The largest absolute Gasteiger partial charge is 0.497 e. The van der Waals surface area contributed by atoms with Crippen LogP contribution in [-0.2, 0) is 17.5 Å². The van der Waals surface area contributed by atoms with Crippen LogP contribution >= 0.6 is 0 Å². The Hall–Kier alpha value is -4.33. The average molecular weight is 715 g/mol. The number of urea groups is 1. The van der Waals surface area contributed by atoms with E-state index in [0.29, 0.717) is 25.4 Å². The summed E-state index contributed by atoms with van der Waals surface area (Å²) in [7, 11) is 3.66. The van der Waals surface area contributed by atoms with Gasteiger partial charge in [0.2, 0.25) is 0 Å². The molecule has 0 aromatic heterocycles. The van der Waals surface area contributed by atoms with Gasteiger partial charge in [0, 0.05) is 43.5 Å². The highest BCUT2D eigenvalue weighted by Gasteiger charge is 2.31. The van der Waals surface area contributed by atoms with E-state index in [1.54, 1.807) is 31.1 Å². The van der Waals surface area contributed by atoms with Crippen LogP contribution in [0.3, 0.4) is 0 Å². The predicted molar refractivity (Wildman–Crippen MR) is 190 cm³/mol. The number of nitrogens with one attached hydrogen (secondary N) is 2. The summed E-state index contributed by atoms with van der Waals surface area (Å²) in [5.74, 6) is 0.619. The van der Waals surface area contributed by atoms with E-state index >= 15 is 0 Å². The zero-order valence-corrected chi connectivity index (χ0v) is 29.8. The molecule has 0 unspecified atom stereocenters. The van der Waals surface area contributed by atoms with Crippen LogP contribution in [0.4, 0.5) is 29.3 Å². The summed E-state index contributed by atoms with van der Waals surface area (Å²) in [6.07, 6.45) is -2.53. The van der Waals surface area contributed by atoms with Crippen LogP contribution in [0.25, 0.3) is 0 Å². The molecule has 0 fully saturated rings. The Kier molecular flexibility index (Phi) is 14.1. The van der Waals surface area contributed by atoms with Gasteiger partial charge in [-0.2, -0.15) is 13.2 Å². The van der Waals surface area contributed by atoms with Crippen molar-refractivity contribution in [3.05, 3.63) is 83.4 Å². The lowest BCUT2D eigenvalue weighted by Gasteiger charge is -2.36. The lowest BCUT2D eigenvalue weighted by atomic mass is 10.0. The first-order valence-corrected chi connectivity index (χ1v) is 17.2. The minimum atomic E-state index is -4.50. The van der Waals surface area contributed by atoms with Gasteiger partial charge < -0.3 is 34.9 Å². The van der Waals surface area contributed by atoms with Crippen molar-refractivity contribution in [2.45, 2.75) is 71.0 Å². The van der Waals surface area contributed by atoms with E-state index < -0.39 is 23.8 Å². The number of carbonyl (C=O) groups is 2. The number of hydrogen-bond donors (Lipinski definition) is 3. The molecule has 3 aromatic carbocycles. The molecular weight excluding hydrogens is 665 g/mol. The van der Waals surface area contributed by atoms with E-state index in [4.69, 9.17) is 14.2 Å². The molecule has 0 saturated heterocycles. The van der Waals surface area contributed by atoms with Crippen molar-refractivity contribution in [3.63, 3.8) is 0 Å². The van der Waals surface area contributed by atoms with E-state index in [2.05, 4.69) is 15.5 Å². The lowest BCUT2D eigenvalue weighted by Crippen LogP contribution is -2.47. The number of hydrogen-bond acceptors (Lipinski definition) is 7. The Bertz CT molecular complexity index is 1570. The summed E-state index contributed by atoms with van der Waals surface area (Å²) in [5, 5.41) is 15.4. The first-order valence-electron chi connectivity index (χ1n) is 17.2. The fourth-order valence-electron chi connectivity index (χ4n) is 5.91. The molecule has 0 radical (unpaired) electrons. The first-order chi connectivity index (χ1) is 24.3. The van der Waals surface area contributed by atoms with Gasteiger partial charge >= 0.3 is 12.2 Å². The van der Waals surface area contributed by atoms with E-state index in [0.717, 1.165) is 54.8 Å². The van der Waals surface area contributed by atoms with Crippen molar-refractivity contribution < 1.29 is 42.1 Å². The van der Waals surface area contributed by atoms with E-state index in [1.807, 2.05) is 45.2 Å². The molecule has 1 heterocycles. The fourth-order valence-corrected chi connectivity index (χ4v) is 5.91. The van der Waals surface area contributed by atoms with Crippen LogP contribution in [0.5, 0.6) is 11.5 Å². The number of fused-ring (bicyclic) bond motifs is 1. The van der Waals surface area contributed by atoms with Crippen LogP contribution in [0, 0.1) is 5.92 Å². The van der Waals surface area contributed by atoms with Crippen LogP contribution in [-0.4, -0.2) is 85.6 Å². The maximum absolute atomic E-state index is 14.4. The van der Waals surface area contributed by atoms with Gasteiger partial charge in [0.25, 0.3) is 5.91 Å². The summed E-state index contributed by atoms with van der Waals surface area (Å²) in [6, 6.07) is 15.5. The lowest BCUT2D eigenvalue weighted by molar-refractivity contribution is -0.137. The molecule has 3 N–H and O–H groups in total. The molecular formula is C38H49F3N4O6. The molecule has 0 aliphatic carbocycles. The minimum Gasteiger partial charge on any atom is -0.497 e. The minimum absolute atomic E-state index is 0.122. The molecule has 0 saturated carbocycles. The molecule has 3 amide bonds. The zero-order valence-electron chi connectivity index (χ0n) is 29.8. The molecule has 278 valence electrons. The molecule has 1 aliphatic heterocycles. The van der Waals surface area contributed by atoms with Crippen molar-refractivity contribution in [1.29, 1.82) is 0 Å². The maximum Gasteiger partial charge on any atom is 0.416 e. The van der Waals surface area contributed by atoms with Gasteiger partial charge in [0.05, 0.1) is 43.1 Å². The number of amides is 3. The number of ether oxygens (including phenoxy) is 3. The summed E-state index contributed by atoms with van der Waals surface area (Å²) in [6.45, 7) is 7.59. The van der Waals surface area contributed by atoms with E-state index in [-0.39, 0.29) is 54.1 Å². The predicted octanol–water partition coefficient (Wildman–Crippen LogP) is 7.29. The number of halogens is 3. The van der Waals surface area contributed by atoms with Crippen molar-refractivity contribution in [2.24, 2.45) is 5.92 Å². The molecule has 0 spiro atoms. The SMILES string of the molecule is COc1ccc(CN(C)C[C@H]2OCCCC[C@@H](C)Oc3ccc(NC(=O)Nc4ccc(C(F)(F)F)cc4)cc3C(=O)N([C@@H](C)CO)C[C@H]2C)cc1. The second-order valence-electron chi connectivity index (χ2n) is 13.2.